The molecule has 0 spiro atoms. The second-order valence-corrected chi connectivity index (χ2v) is 4.73. The summed E-state index contributed by atoms with van der Waals surface area (Å²) in [4.78, 5) is 4.42. The van der Waals surface area contributed by atoms with Crippen molar-refractivity contribution >= 4 is 11.8 Å². The first-order valence-electron chi connectivity index (χ1n) is 4.98. The van der Waals surface area contributed by atoms with E-state index in [1.165, 1.54) is 12.8 Å². The topological polar surface area (TPSA) is 67.6 Å². The molecule has 1 aliphatic carbocycles. The predicted octanol–water partition coefficient (Wildman–Crippen LogP) is 1.44. The van der Waals surface area contributed by atoms with Crippen molar-refractivity contribution in [2.24, 2.45) is 5.73 Å². The molecule has 0 aromatic carbocycles. The van der Waals surface area contributed by atoms with Crippen molar-refractivity contribution < 1.29 is 0 Å². The highest BCUT2D eigenvalue weighted by Gasteiger charge is 2.27. The van der Waals surface area contributed by atoms with Gasteiger partial charge >= 0.3 is 0 Å². The summed E-state index contributed by atoms with van der Waals surface area (Å²) in [5.41, 5.74) is 5.96. The fourth-order valence-corrected chi connectivity index (χ4v) is 1.86. The van der Waals surface area contributed by atoms with E-state index in [9.17, 15) is 0 Å². The molecule has 0 aliphatic heterocycles. The van der Waals surface area contributed by atoms with Crippen molar-refractivity contribution in [3.05, 3.63) is 11.6 Å². The summed E-state index contributed by atoms with van der Waals surface area (Å²) in [7, 11) is 0. The highest BCUT2D eigenvalue weighted by Crippen LogP contribution is 2.38. The number of nitrogens with one attached hydrogen (secondary N) is 1. The Labute approximate surface area is 88.1 Å². The van der Waals surface area contributed by atoms with E-state index in [0.29, 0.717) is 5.92 Å². The predicted molar refractivity (Wildman–Crippen MR) is 58.3 cm³/mol. The molecule has 1 atom stereocenters. The van der Waals surface area contributed by atoms with Crippen LogP contribution in [0.15, 0.2) is 0 Å². The number of thioether (sulfide) groups is 1. The number of nitrogens with zero attached hydrogens (tertiary/aromatic N) is 2. The van der Waals surface area contributed by atoms with Gasteiger partial charge in [0.1, 0.15) is 5.82 Å². The summed E-state index contributed by atoms with van der Waals surface area (Å²) >= 11 is 1.80. The first-order valence-corrected chi connectivity index (χ1v) is 6.37. The highest BCUT2D eigenvalue weighted by atomic mass is 32.2. The molecule has 0 amide bonds. The summed E-state index contributed by atoms with van der Waals surface area (Å²) in [6, 6.07) is -0.00815. The number of nitrogens with two attached hydrogens (primary N) is 1. The van der Waals surface area contributed by atoms with E-state index in [2.05, 4.69) is 21.4 Å². The van der Waals surface area contributed by atoms with Crippen LogP contribution in [-0.4, -0.2) is 27.2 Å². The van der Waals surface area contributed by atoms with Crippen LogP contribution in [0, 0.1) is 0 Å². The van der Waals surface area contributed by atoms with E-state index in [0.717, 1.165) is 23.8 Å². The lowest BCUT2D eigenvalue weighted by Crippen LogP contribution is -2.13. The SMILES string of the molecule is CSCC[C@@H](N)c1n[nH]c(C2CC2)n1. The largest absolute Gasteiger partial charge is 0.321 e. The van der Waals surface area contributed by atoms with Crippen molar-refractivity contribution in [2.75, 3.05) is 12.0 Å². The number of rotatable bonds is 5. The van der Waals surface area contributed by atoms with Crippen LogP contribution in [0.2, 0.25) is 0 Å². The third kappa shape index (κ3) is 2.27. The summed E-state index contributed by atoms with van der Waals surface area (Å²) < 4.78 is 0. The average molecular weight is 212 g/mol. The number of hydrogen-bond donors (Lipinski definition) is 2. The molecule has 0 unspecified atom stereocenters. The minimum Gasteiger partial charge on any atom is -0.321 e. The molecule has 1 aromatic heterocycles. The molecule has 1 fully saturated rings. The summed E-state index contributed by atoms with van der Waals surface area (Å²) in [6.07, 6.45) is 5.52. The molecule has 1 saturated carbocycles. The van der Waals surface area contributed by atoms with E-state index >= 15 is 0 Å². The number of hydrogen-bond acceptors (Lipinski definition) is 4. The van der Waals surface area contributed by atoms with Crippen molar-refractivity contribution in [1.82, 2.24) is 15.2 Å². The smallest absolute Gasteiger partial charge is 0.167 e. The number of aromatic nitrogens is 3. The lowest BCUT2D eigenvalue weighted by molar-refractivity contribution is 0.657. The van der Waals surface area contributed by atoms with Crippen LogP contribution in [0.1, 0.15) is 42.9 Å². The Morgan fingerprint density at radius 3 is 3.07 bits per heavy atom. The lowest BCUT2D eigenvalue weighted by atomic mass is 10.2. The second kappa shape index (κ2) is 4.31. The minimum absolute atomic E-state index is 0.00815. The van der Waals surface area contributed by atoms with Gasteiger partial charge in [-0.15, -0.1) is 0 Å². The Kier molecular flexibility index (Phi) is 3.08. The normalized spacial score (nSPS) is 18.4. The van der Waals surface area contributed by atoms with Crippen molar-refractivity contribution in [3.63, 3.8) is 0 Å². The fraction of sp³-hybridized carbons (Fsp3) is 0.778. The zero-order valence-corrected chi connectivity index (χ0v) is 9.18. The minimum atomic E-state index is -0.00815. The maximum absolute atomic E-state index is 5.96. The quantitative estimate of drug-likeness (QED) is 0.775. The van der Waals surface area contributed by atoms with Crippen LogP contribution in [0.5, 0.6) is 0 Å². The van der Waals surface area contributed by atoms with E-state index < -0.39 is 0 Å². The molecule has 1 aromatic rings. The average Bonchev–Trinajstić information content (AvgIpc) is 2.93. The molecule has 78 valence electrons. The lowest BCUT2D eigenvalue weighted by Gasteiger charge is -2.04. The third-order valence-corrected chi connectivity index (χ3v) is 3.09. The molecule has 1 aliphatic rings. The maximum Gasteiger partial charge on any atom is 0.167 e. The molecule has 1 heterocycles. The summed E-state index contributed by atoms with van der Waals surface area (Å²) in [5, 5.41) is 7.14. The van der Waals surface area contributed by atoms with Crippen molar-refractivity contribution in [1.29, 1.82) is 0 Å². The van der Waals surface area contributed by atoms with Crippen LogP contribution in [-0.2, 0) is 0 Å². The van der Waals surface area contributed by atoms with E-state index in [1.54, 1.807) is 11.8 Å². The Hall–Kier alpha value is -0.550. The molecule has 0 bridgehead atoms. The third-order valence-electron chi connectivity index (χ3n) is 2.45. The van der Waals surface area contributed by atoms with Crippen LogP contribution in [0.3, 0.4) is 0 Å². The van der Waals surface area contributed by atoms with Gasteiger partial charge in [0.2, 0.25) is 0 Å². The zero-order chi connectivity index (χ0) is 9.97. The van der Waals surface area contributed by atoms with Gasteiger partial charge in [-0.1, -0.05) is 0 Å². The van der Waals surface area contributed by atoms with Crippen LogP contribution in [0.25, 0.3) is 0 Å². The molecule has 4 nitrogen and oxygen atoms in total. The maximum atomic E-state index is 5.96. The van der Waals surface area contributed by atoms with E-state index in [1.807, 2.05) is 0 Å². The van der Waals surface area contributed by atoms with Gasteiger partial charge in [-0.05, 0) is 31.3 Å². The van der Waals surface area contributed by atoms with Gasteiger partial charge in [-0.25, -0.2) is 4.98 Å². The van der Waals surface area contributed by atoms with Crippen LogP contribution in [0.4, 0.5) is 0 Å². The molecule has 0 radical (unpaired) electrons. The number of H-pyrrole nitrogens is 1. The van der Waals surface area contributed by atoms with Gasteiger partial charge in [0, 0.05) is 5.92 Å². The first-order chi connectivity index (χ1) is 6.81. The van der Waals surface area contributed by atoms with Crippen LogP contribution >= 0.6 is 11.8 Å². The van der Waals surface area contributed by atoms with Gasteiger partial charge in [0.15, 0.2) is 5.82 Å². The molecular formula is C9H16N4S. The van der Waals surface area contributed by atoms with Gasteiger partial charge in [-0.2, -0.15) is 16.9 Å². The second-order valence-electron chi connectivity index (χ2n) is 3.74. The van der Waals surface area contributed by atoms with Crippen molar-refractivity contribution in [2.45, 2.75) is 31.2 Å². The van der Waals surface area contributed by atoms with E-state index in [4.69, 9.17) is 5.73 Å². The fourth-order valence-electron chi connectivity index (χ4n) is 1.37. The Morgan fingerprint density at radius 1 is 1.64 bits per heavy atom. The summed E-state index contributed by atoms with van der Waals surface area (Å²) in [5.74, 6) is 3.50. The standard InChI is InChI=1S/C9H16N4S/c1-14-5-4-7(10)9-11-8(12-13-9)6-2-3-6/h6-7H,2-5,10H2,1H3,(H,11,12,13)/t7-/m1/s1. The van der Waals surface area contributed by atoms with Gasteiger partial charge in [-0.3, -0.25) is 5.10 Å². The summed E-state index contributed by atoms with van der Waals surface area (Å²) in [6.45, 7) is 0. The molecule has 3 N–H and O–H groups in total. The Bertz CT molecular complexity index is 295. The molecular weight excluding hydrogens is 196 g/mol. The molecule has 0 saturated heterocycles. The molecule has 5 heteroatoms. The van der Waals surface area contributed by atoms with E-state index in [-0.39, 0.29) is 6.04 Å². The van der Waals surface area contributed by atoms with Crippen molar-refractivity contribution in [3.8, 4) is 0 Å². The van der Waals surface area contributed by atoms with Gasteiger partial charge in [0.25, 0.3) is 0 Å². The Morgan fingerprint density at radius 2 is 2.43 bits per heavy atom. The van der Waals surface area contributed by atoms with Gasteiger partial charge < -0.3 is 5.73 Å². The first kappa shape index (κ1) is 9.98. The molecule has 2 rings (SSSR count). The van der Waals surface area contributed by atoms with Crippen LogP contribution < -0.4 is 5.73 Å². The monoisotopic (exact) mass is 212 g/mol. The Balaban J connectivity index is 1.93. The highest BCUT2D eigenvalue weighted by molar-refractivity contribution is 7.98. The number of aromatic amines is 1. The molecule has 14 heavy (non-hydrogen) atoms. The zero-order valence-electron chi connectivity index (χ0n) is 8.36. The van der Waals surface area contributed by atoms with Gasteiger partial charge in [0.05, 0.1) is 6.04 Å².